The third kappa shape index (κ3) is 8.95. The molecule has 2 aromatic carbocycles. The number of benzene rings is 2. The molecule has 1 fully saturated rings. The number of aromatic amines is 1. The first-order chi connectivity index (χ1) is 18.7. The summed E-state index contributed by atoms with van der Waals surface area (Å²) in [6.45, 7) is 18.1. The largest absolute Gasteiger partial charge is 0.389 e. The molecule has 206 valence electrons. The Kier molecular flexibility index (Phi) is 12.2. The number of nitrogens with one attached hydrogen (secondary N) is 3. The van der Waals surface area contributed by atoms with Gasteiger partial charge in [-0.05, 0) is 62.9 Å². The standard InChI is InChI=1S/C23H28N4O.C8H8O.C2H6/c1-6-20-21(13-16(4)24-5)27-22(26-20)17-7-9-18(10-8-17)25-23(28)19-12-14(2)11-15(19)3;1-7-2-4-8(6-9)5-3-7;1-2/h6-10,13-14,19,24H,3-4,11-12H2,1-2,5H3,(H,25,28)(H,26,27);2-6H,1H3;1-2H3/b20-6+,21-13+;;. The molecule has 0 spiro atoms. The van der Waals surface area contributed by atoms with E-state index < -0.39 is 0 Å². The minimum absolute atomic E-state index is 0.0328. The third-order valence-corrected chi connectivity index (χ3v) is 6.37. The predicted octanol–water partition coefficient (Wildman–Crippen LogP) is 5.77. The normalized spacial score (nSPS) is 16.9. The van der Waals surface area contributed by atoms with Gasteiger partial charge in [-0.2, -0.15) is 0 Å². The minimum Gasteiger partial charge on any atom is -0.389 e. The zero-order chi connectivity index (χ0) is 28.9. The second-order valence-electron chi connectivity index (χ2n) is 9.44. The molecule has 0 saturated heterocycles. The number of aromatic nitrogens is 2. The molecule has 6 nitrogen and oxygen atoms in total. The van der Waals surface area contributed by atoms with Crippen LogP contribution in [0.1, 0.15) is 56.5 Å². The Bertz CT molecular complexity index is 1380. The first-order valence-corrected chi connectivity index (χ1v) is 13.5. The smallest absolute Gasteiger partial charge is 0.231 e. The number of allylic oxidation sites excluding steroid dienone is 1. The van der Waals surface area contributed by atoms with Crippen molar-refractivity contribution >= 4 is 30.0 Å². The van der Waals surface area contributed by atoms with Gasteiger partial charge in [-0.25, -0.2) is 4.98 Å². The number of anilines is 1. The number of hydrogen-bond acceptors (Lipinski definition) is 4. The van der Waals surface area contributed by atoms with E-state index in [1.54, 1.807) is 0 Å². The van der Waals surface area contributed by atoms with Gasteiger partial charge in [0.05, 0.1) is 16.6 Å². The molecule has 0 radical (unpaired) electrons. The van der Waals surface area contributed by atoms with Gasteiger partial charge in [0.15, 0.2) is 0 Å². The van der Waals surface area contributed by atoms with E-state index in [9.17, 15) is 9.59 Å². The number of aryl methyl sites for hydroxylation is 1. The van der Waals surface area contributed by atoms with Crippen LogP contribution in [0.2, 0.25) is 0 Å². The van der Waals surface area contributed by atoms with Crippen LogP contribution in [-0.4, -0.2) is 29.2 Å². The fourth-order valence-electron chi connectivity index (χ4n) is 4.23. The van der Waals surface area contributed by atoms with Gasteiger partial charge in [0.25, 0.3) is 0 Å². The minimum atomic E-state index is -0.0826. The maximum Gasteiger partial charge on any atom is 0.231 e. The SMILES string of the molecule is C=C(/C=c1/[nH]c(-c2ccc(NC(=O)C3CC(C)CC3=C)cc2)n/c1=C/C)NC.CC.Cc1ccc(C=O)cc1. The molecule has 1 heterocycles. The highest BCUT2D eigenvalue weighted by molar-refractivity contribution is 5.94. The van der Waals surface area contributed by atoms with Gasteiger partial charge >= 0.3 is 0 Å². The van der Waals surface area contributed by atoms with Gasteiger partial charge in [-0.3, -0.25) is 9.59 Å². The van der Waals surface area contributed by atoms with E-state index in [0.29, 0.717) is 5.92 Å². The van der Waals surface area contributed by atoms with E-state index in [0.717, 1.165) is 63.7 Å². The van der Waals surface area contributed by atoms with Crippen molar-refractivity contribution in [1.29, 1.82) is 0 Å². The molecule has 1 aromatic heterocycles. The molecular weight excluding hydrogens is 484 g/mol. The number of imidazole rings is 1. The Hall–Kier alpha value is -4.19. The summed E-state index contributed by atoms with van der Waals surface area (Å²) >= 11 is 0. The van der Waals surface area contributed by atoms with E-state index in [1.807, 2.05) is 95.4 Å². The van der Waals surface area contributed by atoms with E-state index in [-0.39, 0.29) is 11.8 Å². The molecule has 6 heteroatoms. The fourth-order valence-corrected chi connectivity index (χ4v) is 4.23. The Labute approximate surface area is 232 Å². The van der Waals surface area contributed by atoms with Crippen molar-refractivity contribution in [2.24, 2.45) is 11.8 Å². The van der Waals surface area contributed by atoms with Crippen LogP contribution in [0, 0.1) is 18.8 Å². The number of H-pyrrole nitrogens is 1. The number of aldehydes is 1. The molecule has 39 heavy (non-hydrogen) atoms. The molecule has 1 aliphatic carbocycles. The Balaban J connectivity index is 0.000000407. The van der Waals surface area contributed by atoms with Crippen molar-refractivity contribution in [1.82, 2.24) is 15.3 Å². The summed E-state index contributed by atoms with van der Waals surface area (Å²) in [4.78, 5) is 30.6. The molecule has 1 amide bonds. The van der Waals surface area contributed by atoms with Crippen LogP contribution in [0.25, 0.3) is 23.5 Å². The number of nitrogens with zero attached hydrogens (tertiary/aromatic N) is 1. The zero-order valence-electron chi connectivity index (χ0n) is 24.1. The van der Waals surface area contributed by atoms with Gasteiger partial charge in [0.1, 0.15) is 12.1 Å². The lowest BCUT2D eigenvalue weighted by atomic mass is 10.0. The second kappa shape index (κ2) is 15.3. The molecular formula is C33H42N4O2. The van der Waals surface area contributed by atoms with Crippen molar-refractivity contribution < 1.29 is 9.59 Å². The number of carbonyl (C=O) groups is 2. The first kappa shape index (κ1) is 31.0. The molecule has 0 bridgehead atoms. The summed E-state index contributed by atoms with van der Waals surface area (Å²) in [6.07, 6.45) is 6.54. The maximum atomic E-state index is 12.5. The van der Waals surface area contributed by atoms with Gasteiger partial charge in [0.2, 0.25) is 5.91 Å². The van der Waals surface area contributed by atoms with Crippen molar-refractivity contribution in [3.63, 3.8) is 0 Å². The van der Waals surface area contributed by atoms with Gasteiger partial charge in [0, 0.05) is 29.6 Å². The van der Waals surface area contributed by atoms with Crippen LogP contribution in [0.15, 0.2) is 73.0 Å². The average molecular weight is 527 g/mol. The maximum absolute atomic E-state index is 12.5. The van der Waals surface area contributed by atoms with E-state index in [4.69, 9.17) is 0 Å². The molecule has 2 unspecified atom stereocenters. The molecule has 2 atom stereocenters. The van der Waals surface area contributed by atoms with Crippen molar-refractivity contribution in [2.45, 2.75) is 47.5 Å². The van der Waals surface area contributed by atoms with Crippen LogP contribution in [0.3, 0.4) is 0 Å². The summed E-state index contributed by atoms with van der Waals surface area (Å²) in [5.41, 5.74) is 5.49. The summed E-state index contributed by atoms with van der Waals surface area (Å²) in [5, 5.41) is 7.80. The predicted molar refractivity (Wildman–Crippen MR) is 164 cm³/mol. The number of amides is 1. The third-order valence-electron chi connectivity index (χ3n) is 6.37. The molecule has 3 N–H and O–H groups in total. The van der Waals surface area contributed by atoms with Crippen molar-refractivity contribution in [3.8, 4) is 11.4 Å². The van der Waals surface area contributed by atoms with Crippen LogP contribution < -0.4 is 21.3 Å². The Morgan fingerprint density at radius 3 is 2.26 bits per heavy atom. The number of rotatable bonds is 6. The summed E-state index contributed by atoms with van der Waals surface area (Å²) in [7, 11) is 1.83. The molecule has 1 saturated carbocycles. The lowest BCUT2D eigenvalue weighted by Gasteiger charge is -2.12. The summed E-state index contributed by atoms with van der Waals surface area (Å²) < 4.78 is 0. The molecule has 1 aliphatic rings. The fraction of sp³-hybridized carbons (Fsp3) is 0.303. The van der Waals surface area contributed by atoms with Gasteiger partial charge in [-0.15, -0.1) is 0 Å². The average Bonchev–Trinajstić information content (AvgIpc) is 3.52. The first-order valence-electron chi connectivity index (χ1n) is 13.5. The number of carbonyl (C=O) groups excluding carboxylic acids is 2. The number of hydrogen-bond donors (Lipinski definition) is 3. The van der Waals surface area contributed by atoms with Gasteiger partial charge in [-0.1, -0.05) is 75.4 Å². The van der Waals surface area contributed by atoms with E-state index in [1.165, 1.54) is 5.56 Å². The van der Waals surface area contributed by atoms with Crippen molar-refractivity contribution in [3.05, 3.63) is 94.8 Å². The van der Waals surface area contributed by atoms with Crippen LogP contribution >= 0.6 is 0 Å². The second-order valence-corrected chi connectivity index (χ2v) is 9.44. The van der Waals surface area contributed by atoms with E-state index >= 15 is 0 Å². The lowest BCUT2D eigenvalue weighted by Crippen LogP contribution is -2.25. The van der Waals surface area contributed by atoms with Crippen LogP contribution in [0.5, 0.6) is 0 Å². The van der Waals surface area contributed by atoms with E-state index in [2.05, 4.69) is 40.7 Å². The highest BCUT2D eigenvalue weighted by atomic mass is 16.1. The lowest BCUT2D eigenvalue weighted by molar-refractivity contribution is -0.118. The summed E-state index contributed by atoms with van der Waals surface area (Å²) in [6, 6.07) is 15.2. The zero-order valence-corrected chi connectivity index (χ0v) is 24.1. The van der Waals surface area contributed by atoms with Crippen molar-refractivity contribution in [2.75, 3.05) is 12.4 Å². The summed E-state index contributed by atoms with van der Waals surface area (Å²) in [5.74, 6) is 1.25. The molecule has 0 aliphatic heterocycles. The monoisotopic (exact) mass is 526 g/mol. The Morgan fingerprint density at radius 1 is 1.10 bits per heavy atom. The Morgan fingerprint density at radius 2 is 1.74 bits per heavy atom. The highest BCUT2D eigenvalue weighted by Gasteiger charge is 2.30. The molecule has 3 aromatic rings. The topological polar surface area (TPSA) is 86.9 Å². The van der Waals surface area contributed by atoms with Crippen LogP contribution in [-0.2, 0) is 4.79 Å². The van der Waals surface area contributed by atoms with Crippen LogP contribution in [0.4, 0.5) is 5.69 Å². The quantitative estimate of drug-likeness (QED) is 0.281. The highest BCUT2D eigenvalue weighted by Crippen LogP contribution is 2.35. The van der Waals surface area contributed by atoms with Gasteiger partial charge < -0.3 is 15.6 Å². The molecule has 4 rings (SSSR count).